The highest BCUT2D eigenvalue weighted by molar-refractivity contribution is 9.10. The summed E-state index contributed by atoms with van der Waals surface area (Å²) >= 11 is 3.39. The Hall–Kier alpha value is -2.14. The Balaban J connectivity index is 1.99. The van der Waals surface area contributed by atoms with Gasteiger partial charge in [-0.2, -0.15) is 0 Å². The number of ketones is 1. The summed E-state index contributed by atoms with van der Waals surface area (Å²) < 4.78 is 6.11. The van der Waals surface area contributed by atoms with Gasteiger partial charge in [0.2, 0.25) is 0 Å². The Morgan fingerprint density at radius 1 is 1.09 bits per heavy atom. The molecule has 2 aromatic rings. The molecule has 0 saturated heterocycles. The lowest BCUT2D eigenvalue weighted by molar-refractivity contribution is 0.0636. The number of halogens is 1. The SMILES string of the molecule is CC(C)(C)OC(=O)Nc1cccc2c1C(=O)c1cc(Br)ccc1-2. The number of carbonyl (C=O) groups excluding carboxylic acids is 2. The smallest absolute Gasteiger partial charge is 0.412 e. The van der Waals surface area contributed by atoms with Crippen LogP contribution in [0.25, 0.3) is 11.1 Å². The van der Waals surface area contributed by atoms with E-state index in [1.54, 1.807) is 32.9 Å². The van der Waals surface area contributed by atoms with Crippen molar-refractivity contribution in [2.75, 3.05) is 5.32 Å². The fourth-order valence-corrected chi connectivity index (χ4v) is 2.97. The van der Waals surface area contributed by atoms with E-state index >= 15 is 0 Å². The predicted molar refractivity (Wildman–Crippen MR) is 92.9 cm³/mol. The summed E-state index contributed by atoms with van der Waals surface area (Å²) in [6.45, 7) is 5.38. The summed E-state index contributed by atoms with van der Waals surface area (Å²) in [6.07, 6.45) is -0.573. The zero-order valence-corrected chi connectivity index (χ0v) is 14.7. The molecule has 1 aliphatic carbocycles. The summed E-state index contributed by atoms with van der Waals surface area (Å²) in [5.41, 5.74) is 2.71. The van der Waals surface area contributed by atoms with Gasteiger partial charge in [0.05, 0.1) is 11.3 Å². The molecule has 0 bridgehead atoms. The molecule has 0 saturated carbocycles. The molecule has 1 aliphatic rings. The van der Waals surface area contributed by atoms with Crippen LogP contribution in [-0.4, -0.2) is 17.5 Å². The molecule has 0 unspecified atom stereocenters. The van der Waals surface area contributed by atoms with E-state index < -0.39 is 11.7 Å². The molecule has 5 heteroatoms. The molecular formula is C18H16BrNO3. The van der Waals surface area contributed by atoms with Crippen molar-refractivity contribution in [1.29, 1.82) is 0 Å². The van der Waals surface area contributed by atoms with Gasteiger partial charge in [-0.3, -0.25) is 10.1 Å². The van der Waals surface area contributed by atoms with Crippen molar-refractivity contribution in [3.63, 3.8) is 0 Å². The molecule has 0 spiro atoms. The minimum Gasteiger partial charge on any atom is -0.444 e. The standard InChI is InChI=1S/C18H16BrNO3/c1-18(2,3)23-17(22)20-14-6-4-5-12-11-8-7-10(19)9-13(11)16(21)15(12)14/h4-9H,1-3H3,(H,20,22). The van der Waals surface area contributed by atoms with Gasteiger partial charge in [0.1, 0.15) is 5.60 Å². The molecule has 23 heavy (non-hydrogen) atoms. The first-order valence-corrected chi connectivity index (χ1v) is 8.03. The third-order valence-corrected chi connectivity index (χ3v) is 3.94. The molecule has 0 heterocycles. The van der Waals surface area contributed by atoms with Crippen LogP contribution in [0.5, 0.6) is 0 Å². The highest BCUT2D eigenvalue weighted by Crippen LogP contribution is 2.41. The fraction of sp³-hybridized carbons (Fsp3) is 0.222. The van der Waals surface area contributed by atoms with Crippen LogP contribution in [0.1, 0.15) is 36.7 Å². The van der Waals surface area contributed by atoms with E-state index in [2.05, 4.69) is 21.2 Å². The largest absolute Gasteiger partial charge is 0.444 e. The number of ether oxygens (including phenoxy) is 1. The monoisotopic (exact) mass is 373 g/mol. The molecule has 0 radical (unpaired) electrons. The van der Waals surface area contributed by atoms with Gasteiger partial charge in [0.15, 0.2) is 5.78 Å². The number of amides is 1. The molecule has 4 nitrogen and oxygen atoms in total. The van der Waals surface area contributed by atoms with Gasteiger partial charge < -0.3 is 4.74 Å². The number of rotatable bonds is 1. The van der Waals surface area contributed by atoms with E-state index in [1.165, 1.54) is 0 Å². The molecule has 1 N–H and O–H groups in total. The molecule has 1 amide bonds. The molecule has 0 aliphatic heterocycles. The zero-order valence-electron chi connectivity index (χ0n) is 13.1. The Morgan fingerprint density at radius 2 is 1.83 bits per heavy atom. The van der Waals surface area contributed by atoms with E-state index in [9.17, 15) is 9.59 Å². The second-order valence-corrected chi connectivity index (χ2v) is 7.29. The lowest BCUT2D eigenvalue weighted by Gasteiger charge is -2.20. The third-order valence-electron chi connectivity index (χ3n) is 3.44. The normalized spacial score (nSPS) is 12.6. The van der Waals surface area contributed by atoms with Crippen LogP contribution >= 0.6 is 15.9 Å². The van der Waals surface area contributed by atoms with Crippen molar-refractivity contribution in [2.24, 2.45) is 0 Å². The number of hydrogen-bond donors (Lipinski definition) is 1. The highest BCUT2D eigenvalue weighted by Gasteiger charge is 2.30. The van der Waals surface area contributed by atoms with Gasteiger partial charge in [-0.05, 0) is 50.1 Å². The van der Waals surface area contributed by atoms with Gasteiger partial charge in [-0.1, -0.05) is 34.1 Å². The van der Waals surface area contributed by atoms with Gasteiger partial charge in [0.25, 0.3) is 0 Å². The van der Waals surface area contributed by atoms with E-state index in [-0.39, 0.29) is 5.78 Å². The van der Waals surface area contributed by atoms with Crippen LogP contribution in [0.4, 0.5) is 10.5 Å². The molecule has 118 valence electrons. The number of anilines is 1. The maximum atomic E-state index is 12.7. The van der Waals surface area contributed by atoms with Crippen LogP contribution in [0.2, 0.25) is 0 Å². The minimum absolute atomic E-state index is 0.0945. The highest BCUT2D eigenvalue weighted by atomic mass is 79.9. The Morgan fingerprint density at radius 3 is 2.52 bits per heavy atom. The summed E-state index contributed by atoms with van der Waals surface area (Å²) in [4.78, 5) is 24.7. The molecule has 0 fully saturated rings. The van der Waals surface area contributed by atoms with Crippen LogP contribution in [-0.2, 0) is 4.74 Å². The lowest BCUT2D eigenvalue weighted by atomic mass is 10.0. The number of benzene rings is 2. The molecule has 0 aromatic heterocycles. The van der Waals surface area contributed by atoms with E-state index in [1.807, 2.05) is 24.3 Å². The van der Waals surface area contributed by atoms with Crippen LogP contribution in [0, 0.1) is 0 Å². The summed E-state index contributed by atoms with van der Waals surface area (Å²) in [5.74, 6) is -0.0945. The summed E-state index contributed by atoms with van der Waals surface area (Å²) in [7, 11) is 0. The second kappa shape index (κ2) is 5.49. The van der Waals surface area contributed by atoms with Crippen LogP contribution in [0.15, 0.2) is 40.9 Å². The van der Waals surface area contributed by atoms with Gasteiger partial charge in [-0.15, -0.1) is 0 Å². The predicted octanol–water partition coefficient (Wildman–Crippen LogP) is 5.01. The second-order valence-electron chi connectivity index (χ2n) is 6.37. The fourth-order valence-electron chi connectivity index (χ4n) is 2.61. The first-order valence-electron chi connectivity index (χ1n) is 7.24. The van der Waals surface area contributed by atoms with Crippen molar-refractivity contribution in [3.05, 3.63) is 52.0 Å². The molecule has 2 aromatic carbocycles. The first kappa shape index (κ1) is 15.7. The van der Waals surface area contributed by atoms with Crippen molar-refractivity contribution in [3.8, 4) is 11.1 Å². The molecule has 3 rings (SSSR count). The van der Waals surface area contributed by atoms with Crippen molar-refractivity contribution in [1.82, 2.24) is 0 Å². The number of carbonyl (C=O) groups is 2. The van der Waals surface area contributed by atoms with E-state index in [0.29, 0.717) is 16.8 Å². The van der Waals surface area contributed by atoms with Gasteiger partial charge in [-0.25, -0.2) is 4.79 Å². The van der Waals surface area contributed by atoms with Gasteiger partial charge >= 0.3 is 6.09 Å². The van der Waals surface area contributed by atoms with E-state index in [4.69, 9.17) is 4.74 Å². The van der Waals surface area contributed by atoms with Crippen LogP contribution in [0.3, 0.4) is 0 Å². The summed E-state index contributed by atoms with van der Waals surface area (Å²) in [5, 5.41) is 2.68. The molecule has 0 atom stereocenters. The maximum Gasteiger partial charge on any atom is 0.412 e. The van der Waals surface area contributed by atoms with Crippen molar-refractivity contribution < 1.29 is 14.3 Å². The minimum atomic E-state index is -0.597. The first-order chi connectivity index (χ1) is 10.8. The van der Waals surface area contributed by atoms with Gasteiger partial charge in [0, 0.05) is 10.0 Å². The number of hydrogen-bond acceptors (Lipinski definition) is 3. The summed E-state index contributed by atoms with van der Waals surface area (Å²) in [6, 6.07) is 11.0. The number of nitrogens with one attached hydrogen (secondary N) is 1. The Labute approximate surface area is 143 Å². The van der Waals surface area contributed by atoms with E-state index in [0.717, 1.165) is 15.6 Å². The Bertz CT molecular complexity index is 822. The number of fused-ring (bicyclic) bond motifs is 3. The quantitative estimate of drug-likeness (QED) is 0.652. The van der Waals surface area contributed by atoms with Crippen molar-refractivity contribution in [2.45, 2.75) is 26.4 Å². The molecular weight excluding hydrogens is 358 g/mol. The average Bonchev–Trinajstić information content (AvgIpc) is 2.71. The maximum absolute atomic E-state index is 12.7. The lowest BCUT2D eigenvalue weighted by Crippen LogP contribution is -2.27. The van der Waals surface area contributed by atoms with Crippen LogP contribution < -0.4 is 5.32 Å². The Kier molecular flexibility index (Phi) is 3.76. The third kappa shape index (κ3) is 3.01. The topological polar surface area (TPSA) is 55.4 Å². The average molecular weight is 374 g/mol. The van der Waals surface area contributed by atoms with Crippen molar-refractivity contribution >= 4 is 33.5 Å². The zero-order chi connectivity index (χ0) is 16.8.